The number of rotatable bonds is 2. The maximum atomic E-state index is 11.9. The van der Waals surface area contributed by atoms with Crippen LogP contribution in [0, 0.1) is 23.2 Å². The van der Waals surface area contributed by atoms with Crippen molar-refractivity contribution in [3.8, 4) is 0 Å². The average Bonchev–Trinajstić information content (AvgIpc) is 2.95. The first kappa shape index (κ1) is 21.0. The van der Waals surface area contributed by atoms with Gasteiger partial charge in [-0.15, -0.1) is 0 Å². The zero-order chi connectivity index (χ0) is 21.4. The summed E-state index contributed by atoms with van der Waals surface area (Å²) in [5.41, 5.74) is -3.80. The Morgan fingerprint density at radius 3 is 2.21 bits per heavy atom. The van der Waals surface area contributed by atoms with Crippen LogP contribution in [0.3, 0.4) is 0 Å². The molecule has 0 aliphatic heterocycles. The highest BCUT2D eigenvalue weighted by molar-refractivity contribution is 5.67. The molecule has 10 unspecified atom stereocenters. The van der Waals surface area contributed by atoms with Gasteiger partial charge in [0.15, 0.2) is 0 Å². The van der Waals surface area contributed by atoms with Gasteiger partial charge in [0.25, 0.3) is 0 Å². The van der Waals surface area contributed by atoms with E-state index in [1.165, 1.54) is 13.8 Å². The molecule has 4 aliphatic carbocycles. The number of aliphatic hydroxyl groups excluding tert-OH is 2. The fraction of sp³-hybridized carbons (Fsp3) is 0.905. The van der Waals surface area contributed by atoms with Crippen LogP contribution in [0.2, 0.25) is 0 Å². The Balaban J connectivity index is 1.86. The SMILES string of the molecule is CC(=O)OC1CC23CC(O)C(CCC2C(C)(O)C2CC(O)CC12O)C3OC(C)=O. The predicted octanol–water partition coefficient (Wildman–Crippen LogP) is 0.284. The first-order valence-corrected chi connectivity index (χ1v) is 10.6. The fourth-order valence-electron chi connectivity index (χ4n) is 7.50. The maximum Gasteiger partial charge on any atom is 0.303 e. The standard InChI is InChI=1S/C21H32O8/c1-10(22)28-17-9-20-8-14(25)13(18(20)29-11(2)23)4-5-15(20)19(3,26)16-6-12(24)7-21(16,17)27/h12-18,24-27H,4-9H2,1-3H3. The highest BCUT2D eigenvalue weighted by Gasteiger charge is 2.73. The highest BCUT2D eigenvalue weighted by atomic mass is 16.6. The Morgan fingerprint density at radius 1 is 0.931 bits per heavy atom. The summed E-state index contributed by atoms with van der Waals surface area (Å²) >= 11 is 0. The van der Waals surface area contributed by atoms with Gasteiger partial charge in [-0.25, -0.2) is 0 Å². The van der Waals surface area contributed by atoms with Crippen LogP contribution >= 0.6 is 0 Å². The minimum Gasteiger partial charge on any atom is -0.462 e. The van der Waals surface area contributed by atoms with Crippen molar-refractivity contribution in [2.24, 2.45) is 23.2 Å². The molecule has 8 heteroatoms. The number of carbonyl (C=O) groups is 2. The maximum absolute atomic E-state index is 11.9. The first-order chi connectivity index (χ1) is 13.4. The van der Waals surface area contributed by atoms with E-state index in [9.17, 15) is 30.0 Å². The van der Waals surface area contributed by atoms with Gasteiger partial charge in [0.1, 0.15) is 17.8 Å². The summed E-state index contributed by atoms with van der Waals surface area (Å²) in [4.78, 5) is 23.8. The lowest BCUT2D eigenvalue weighted by Crippen LogP contribution is -2.57. The van der Waals surface area contributed by atoms with E-state index in [1.807, 2.05) is 0 Å². The van der Waals surface area contributed by atoms with E-state index in [1.54, 1.807) is 6.92 Å². The molecule has 4 aliphatic rings. The highest BCUT2D eigenvalue weighted by Crippen LogP contribution is 2.66. The molecule has 0 amide bonds. The number of ether oxygens (including phenoxy) is 2. The summed E-state index contributed by atoms with van der Waals surface area (Å²) in [5, 5.41) is 44.5. The zero-order valence-corrected chi connectivity index (χ0v) is 17.2. The van der Waals surface area contributed by atoms with Gasteiger partial charge in [0, 0.05) is 37.5 Å². The largest absolute Gasteiger partial charge is 0.462 e. The number of carbonyl (C=O) groups excluding carboxylic acids is 2. The molecule has 8 nitrogen and oxygen atoms in total. The number of esters is 2. The van der Waals surface area contributed by atoms with Crippen molar-refractivity contribution in [3.05, 3.63) is 0 Å². The smallest absolute Gasteiger partial charge is 0.303 e. The predicted molar refractivity (Wildman–Crippen MR) is 99.3 cm³/mol. The minimum absolute atomic E-state index is 0.00121. The Hall–Kier alpha value is -1.22. The summed E-state index contributed by atoms with van der Waals surface area (Å²) in [5.74, 6) is -2.35. The molecule has 0 aromatic carbocycles. The van der Waals surface area contributed by atoms with Gasteiger partial charge in [-0.2, -0.15) is 0 Å². The second-order valence-corrected chi connectivity index (χ2v) is 9.99. The molecule has 10 atom stereocenters. The van der Waals surface area contributed by atoms with Crippen LogP contribution in [0.4, 0.5) is 0 Å². The molecular formula is C21H32O8. The first-order valence-electron chi connectivity index (χ1n) is 10.6. The number of fused-ring (bicyclic) bond motifs is 2. The molecule has 2 bridgehead atoms. The zero-order valence-electron chi connectivity index (χ0n) is 17.2. The van der Waals surface area contributed by atoms with Crippen LogP contribution in [0.25, 0.3) is 0 Å². The van der Waals surface area contributed by atoms with Crippen LogP contribution in [-0.4, -0.2) is 68.0 Å². The summed E-state index contributed by atoms with van der Waals surface area (Å²) in [7, 11) is 0. The molecule has 0 saturated heterocycles. The lowest BCUT2D eigenvalue weighted by Gasteiger charge is -2.51. The molecule has 0 aromatic heterocycles. The molecule has 0 heterocycles. The molecule has 4 saturated carbocycles. The molecule has 4 fully saturated rings. The van der Waals surface area contributed by atoms with Crippen molar-refractivity contribution in [2.75, 3.05) is 0 Å². The molecule has 1 spiro atoms. The third kappa shape index (κ3) is 2.94. The van der Waals surface area contributed by atoms with Crippen molar-refractivity contribution < 1.29 is 39.5 Å². The van der Waals surface area contributed by atoms with E-state index in [4.69, 9.17) is 9.47 Å². The van der Waals surface area contributed by atoms with E-state index in [2.05, 4.69) is 0 Å². The van der Waals surface area contributed by atoms with Crippen molar-refractivity contribution in [2.45, 2.75) is 94.9 Å². The number of aliphatic hydroxyl groups is 4. The summed E-state index contributed by atoms with van der Waals surface area (Å²) in [6.45, 7) is 4.25. The van der Waals surface area contributed by atoms with Crippen molar-refractivity contribution in [1.82, 2.24) is 0 Å². The monoisotopic (exact) mass is 412 g/mol. The minimum atomic E-state index is -1.59. The Bertz CT molecular complexity index is 707. The van der Waals surface area contributed by atoms with Gasteiger partial charge >= 0.3 is 11.9 Å². The summed E-state index contributed by atoms with van der Waals surface area (Å²) in [6.07, 6.45) is -1.24. The molecule has 4 N–H and O–H groups in total. The average molecular weight is 412 g/mol. The molecule has 0 aromatic rings. The molecular weight excluding hydrogens is 380 g/mol. The molecule has 0 radical (unpaired) electrons. The van der Waals surface area contributed by atoms with Crippen LogP contribution in [0.5, 0.6) is 0 Å². The lowest BCUT2D eigenvalue weighted by atomic mass is 9.57. The van der Waals surface area contributed by atoms with E-state index < -0.39 is 58.9 Å². The molecule has 164 valence electrons. The van der Waals surface area contributed by atoms with E-state index in [0.717, 1.165) is 0 Å². The van der Waals surface area contributed by atoms with E-state index in [0.29, 0.717) is 19.3 Å². The second-order valence-electron chi connectivity index (χ2n) is 9.99. The Morgan fingerprint density at radius 2 is 1.59 bits per heavy atom. The van der Waals surface area contributed by atoms with Gasteiger partial charge in [-0.3, -0.25) is 9.59 Å². The van der Waals surface area contributed by atoms with E-state index >= 15 is 0 Å². The molecule has 4 rings (SSSR count). The van der Waals surface area contributed by atoms with E-state index in [-0.39, 0.29) is 31.1 Å². The summed E-state index contributed by atoms with van der Waals surface area (Å²) in [6, 6.07) is 0. The quantitative estimate of drug-likeness (QED) is 0.476. The van der Waals surface area contributed by atoms with Crippen LogP contribution < -0.4 is 0 Å². The number of hydrogen-bond acceptors (Lipinski definition) is 8. The van der Waals surface area contributed by atoms with Crippen molar-refractivity contribution in [3.63, 3.8) is 0 Å². The number of hydrogen-bond donors (Lipinski definition) is 4. The summed E-state index contributed by atoms with van der Waals surface area (Å²) < 4.78 is 11.3. The Kier molecular flexibility index (Phi) is 4.81. The van der Waals surface area contributed by atoms with Gasteiger partial charge < -0.3 is 29.9 Å². The van der Waals surface area contributed by atoms with Crippen LogP contribution in [0.15, 0.2) is 0 Å². The third-order valence-corrected chi connectivity index (χ3v) is 8.33. The Labute approximate surface area is 170 Å². The van der Waals surface area contributed by atoms with Gasteiger partial charge in [0.05, 0.1) is 17.8 Å². The van der Waals surface area contributed by atoms with Crippen LogP contribution in [0.1, 0.15) is 59.3 Å². The normalized spacial score (nSPS) is 53.6. The van der Waals surface area contributed by atoms with Crippen molar-refractivity contribution in [1.29, 1.82) is 0 Å². The van der Waals surface area contributed by atoms with Gasteiger partial charge in [-0.05, 0) is 44.9 Å². The lowest BCUT2D eigenvalue weighted by molar-refractivity contribution is -0.186. The molecule has 29 heavy (non-hydrogen) atoms. The van der Waals surface area contributed by atoms with Gasteiger partial charge in [0.2, 0.25) is 0 Å². The topological polar surface area (TPSA) is 134 Å². The third-order valence-electron chi connectivity index (χ3n) is 8.33. The van der Waals surface area contributed by atoms with Crippen LogP contribution in [-0.2, 0) is 19.1 Å². The van der Waals surface area contributed by atoms with Crippen molar-refractivity contribution >= 4 is 11.9 Å². The second kappa shape index (κ2) is 6.64. The fourth-order valence-corrected chi connectivity index (χ4v) is 7.50. The van der Waals surface area contributed by atoms with Gasteiger partial charge in [-0.1, -0.05) is 0 Å².